The second-order valence-electron chi connectivity index (χ2n) is 13.2. The first kappa shape index (κ1) is 28.5. The highest BCUT2D eigenvalue weighted by Crippen LogP contribution is 2.34. The molecule has 2 heterocycles. The third-order valence-corrected chi connectivity index (χ3v) is 10.3. The van der Waals surface area contributed by atoms with Gasteiger partial charge in [-0.15, -0.1) is 0 Å². The van der Waals surface area contributed by atoms with E-state index in [2.05, 4.69) is 181 Å². The van der Waals surface area contributed by atoms with Gasteiger partial charge in [-0.25, -0.2) is 9.97 Å². The summed E-state index contributed by atoms with van der Waals surface area (Å²) in [7, 11) is 4.20. The molecule has 4 nitrogen and oxygen atoms in total. The lowest BCUT2D eigenvalue weighted by Gasteiger charge is -2.09. The fourth-order valence-corrected chi connectivity index (χ4v) is 7.60. The van der Waals surface area contributed by atoms with Gasteiger partial charge in [-0.3, -0.25) is 0 Å². The zero-order valence-electron chi connectivity index (χ0n) is 27.8. The predicted octanol–water partition coefficient (Wildman–Crippen LogP) is 11.6. The largest absolute Gasteiger partial charge is 0.327 e. The molecule has 0 saturated carbocycles. The number of nitrogens with zero attached hydrogens (tertiary/aromatic N) is 4. The quantitative estimate of drug-likeness (QED) is 0.192. The van der Waals surface area contributed by atoms with E-state index in [0.29, 0.717) is 0 Å². The maximum atomic E-state index is 5.10. The van der Waals surface area contributed by atoms with E-state index in [-0.39, 0.29) is 0 Å². The molecular weight excluding hydrogens is 609 g/mol. The molecule has 0 aliphatic rings. The van der Waals surface area contributed by atoms with Crippen LogP contribution in [0.25, 0.3) is 99.4 Å². The van der Waals surface area contributed by atoms with E-state index in [0.717, 1.165) is 44.8 Å². The van der Waals surface area contributed by atoms with Crippen molar-refractivity contribution in [2.24, 2.45) is 14.1 Å². The summed E-state index contributed by atoms with van der Waals surface area (Å²) >= 11 is 0. The van der Waals surface area contributed by atoms with E-state index in [1.807, 2.05) is 0 Å². The van der Waals surface area contributed by atoms with Crippen molar-refractivity contribution in [2.75, 3.05) is 0 Å². The van der Waals surface area contributed by atoms with Crippen molar-refractivity contribution in [2.45, 2.75) is 0 Å². The van der Waals surface area contributed by atoms with Crippen molar-refractivity contribution in [3.63, 3.8) is 0 Å². The van der Waals surface area contributed by atoms with Crippen molar-refractivity contribution >= 4 is 54.4 Å². The molecule has 10 aromatic rings. The molecule has 0 atom stereocenters. The Morgan fingerprint density at radius 2 is 0.720 bits per heavy atom. The Balaban J connectivity index is 0.953. The number of fused-ring (bicyclic) bond motifs is 7. The van der Waals surface area contributed by atoms with Crippen LogP contribution < -0.4 is 0 Å². The van der Waals surface area contributed by atoms with E-state index in [1.54, 1.807) is 0 Å². The van der Waals surface area contributed by atoms with Crippen molar-refractivity contribution in [3.05, 3.63) is 158 Å². The molecule has 236 valence electrons. The van der Waals surface area contributed by atoms with Gasteiger partial charge in [0.25, 0.3) is 0 Å². The van der Waals surface area contributed by atoms with Gasteiger partial charge < -0.3 is 9.13 Å². The van der Waals surface area contributed by atoms with Gasteiger partial charge in [-0.05, 0) is 68.1 Å². The first-order valence-electron chi connectivity index (χ1n) is 17.0. The van der Waals surface area contributed by atoms with Gasteiger partial charge in [-0.2, -0.15) is 0 Å². The molecule has 0 N–H and O–H groups in total. The smallest absolute Gasteiger partial charge is 0.140 e. The summed E-state index contributed by atoms with van der Waals surface area (Å²) in [6.45, 7) is 0. The molecule has 0 bridgehead atoms. The SMILES string of the molecule is Cn1c(-c2ccc(-c3ccc4ccc(-c5ccc(-c6nc7c8ccccc8ccc7n6C)cc5)cc4c3)cc2)nc2c3ccccc3ccc21. The standard InChI is InChI=1S/C46H32N4/c1-49-41-25-23-32-7-3-5-9-39(32)43(41)47-45(49)34-17-11-29(12-18-34)36-21-15-31-16-22-37(28-38(31)27-36)30-13-19-35(20-14-30)46-48-44-40-10-6-4-8-33(40)24-26-42(44)50(46)2/h3-28H,1-2H3. The van der Waals surface area contributed by atoms with Crippen LogP contribution >= 0.6 is 0 Å². The molecule has 4 heteroatoms. The van der Waals surface area contributed by atoms with Gasteiger partial charge in [0.2, 0.25) is 0 Å². The number of aryl methyl sites for hydroxylation is 2. The van der Waals surface area contributed by atoms with Crippen molar-refractivity contribution in [1.29, 1.82) is 0 Å². The Bertz CT molecular complexity index is 2730. The summed E-state index contributed by atoms with van der Waals surface area (Å²) in [6, 6.07) is 56.7. The summed E-state index contributed by atoms with van der Waals surface area (Å²) in [5, 5.41) is 7.24. The van der Waals surface area contributed by atoms with E-state index in [4.69, 9.17) is 9.97 Å². The third kappa shape index (κ3) is 4.46. The molecule has 0 aliphatic carbocycles. The van der Waals surface area contributed by atoms with Crippen molar-refractivity contribution in [3.8, 4) is 45.0 Å². The van der Waals surface area contributed by atoms with Crippen LogP contribution in [0, 0.1) is 0 Å². The van der Waals surface area contributed by atoms with Gasteiger partial charge in [0, 0.05) is 36.0 Å². The Morgan fingerprint density at radius 1 is 0.340 bits per heavy atom. The summed E-state index contributed by atoms with van der Waals surface area (Å²) < 4.78 is 4.39. The van der Waals surface area contributed by atoms with Crippen LogP contribution in [-0.2, 0) is 14.1 Å². The topological polar surface area (TPSA) is 35.6 Å². The summed E-state index contributed by atoms with van der Waals surface area (Å²) in [6.07, 6.45) is 0. The fraction of sp³-hybridized carbons (Fsp3) is 0.0435. The molecule has 50 heavy (non-hydrogen) atoms. The van der Waals surface area contributed by atoms with Gasteiger partial charge in [-0.1, -0.05) is 133 Å². The second kappa shape index (κ2) is 11.0. The minimum Gasteiger partial charge on any atom is -0.327 e. The van der Waals surface area contributed by atoms with Gasteiger partial charge in [0.05, 0.1) is 22.1 Å². The molecule has 0 fully saturated rings. The lowest BCUT2D eigenvalue weighted by atomic mass is 9.97. The molecule has 0 saturated heterocycles. The first-order valence-corrected chi connectivity index (χ1v) is 17.0. The minimum absolute atomic E-state index is 0.974. The highest BCUT2D eigenvalue weighted by atomic mass is 15.1. The molecule has 0 unspecified atom stereocenters. The zero-order valence-corrected chi connectivity index (χ0v) is 27.8. The maximum absolute atomic E-state index is 5.10. The lowest BCUT2D eigenvalue weighted by molar-refractivity contribution is 0.959. The fourth-order valence-electron chi connectivity index (χ4n) is 7.60. The van der Waals surface area contributed by atoms with Crippen LogP contribution in [0.4, 0.5) is 0 Å². The van der Waals surface area contributed by atoms with E-state index in [9.17, 15) is 0 Å². The normalized spacial score (nSPS) is 11.8. The van der Waals surface area contributed by atoms with Crippen molar-refractivity contribution in [1.82, 2.24) is 19.1 Å². The molecule has 0 spiro atoms. The Hall–Kier alpha value is -6.52. The lowest BCUT2D eigenvalue weighted by Crippen LogP contribution is -1.92. The average molecular weight is 641 g/mol. The second-order valence-corrected chi connectivity index (χ2v) is 13.2. The number of benzene rings is 8. The monoisotopic (exact) mass is 640 g/mol. The Labute approximate surface area is 289 Å². The summed E-state index contributed by atoms with van der Waals surface area (Å²) in [5.41, 5.74) is 11.3. The third-order valence-electron chi connectivity index (χ3n) is 10.3. The molecule has 2 aromatic heterocycles. The summed E-state index contributed by atoms with van der Waals surface area (Å²) in [4.78, 5) is 10.2. The Morgan fingerprint density at radius 3 is 1.18 bits per heavy atom. The molecule has 0 aliphatic heterocycles. The molecular formula is C46H32N4. The number of imidazole rings is 2. The number of aromatic nitrogens is 4. The van der Waals surface area contributed by atoms with Gasteiger partial charge >= 0.3 is 0 Å². The van der Waals surface area contributed by atoms with Crippen LogP contribution in [0.1, 0.15) is 0 Å². The first-order chi connectivity index (χ1) is 24.6. The van der Waals surface area contributed by atoms with Crippen molar-refractivity contribution < 1.29 is 0 Å². The molecule has 8 aromatic carbocycles. The zero-order chi connectivity index (χ0) is 33.3. The van der Waals surface area contributed by atoms with E-state index in [1.165, 1.54) is 54.6 Å². The molecule has 10 rings (SSSR count). The van der Waals surface area contributed by atoms with Crippen LogP contribution in [0.15, 0.2) is 158 Å². The highest BCUT2D eigenvalue weighted by Gasteiger charge is 2.14. The van der Waals surface area contributed by atoms with Gasteiger partial charge in [0.15, 0.2) is 0 Å². The van der Waals surface area contributed by atoms with Gasteiger partial charge in [0.1, 0.15) is 11.6 Å². The minimum atomic E-state index is 0.974. The predicted molar refractivity (Wildman–Crippen MR) is 209 cm³/mol. The number of hydrogen-bond acceptors (Lipinski definition) is 2. The number of hydrogen-bond donors (Lipinski definition) is 0. The summed E-state index contributed by atoms with van der Waals surface area (Å²) in [5.74, 6) is 1.95. The van der Waals surface area contributed by atoms with E-state index >= 15 is 0 Å². The Kier molecular flexibility index (Phi) is 6.27. The van der Waals surface area contributed by atoms with Crippen LogP contribution in [0.5, 0.6) is 0 Å². The molecule has 0 amide bonds. The van der Waals surface area contributed by atoms with Crippen LogP contribution in [-0.4, -0.2) is 19.1 Å². The molecule has 0 radical (unpaired) electrons. The highest BCUT2D eigenvalue weighted by molar-refractivity contribution is 6.06. The van der Waals surface area contributed by atoms with Crippen LogP contribution in [0.2, 0.25) is 0 Å². The number of rotatable bonds is 4. The van der Waals surface area contributed by atoms with Crippen LogP contribution in [0.3, 0.4) is 0 Å². The maximum Gasteiger partial charge on any atom is 0.140 e. The average Bonchev–Trinajstić information content (AvgIpc) is 3.71. The van der Waals surface area contributed by atoms with E-state index < -0.39 is 0 Å².